The molecular formula is C17H27N3O2S. The Bertz CT molecular complexity index is 601. The number of hydrogen-bond donors (Lipinski definition) is 1. The molecule has 1 aromatic rings. The molecule has 0 aromatic carbocycles. The highest BCUT2D eigenvalue weighted by atomic mass is 32.1. The van der Waals surface area contributed by atoms with Gasteiger partial charge in [0.1, 0.15) is 0 Å². The van der Waals surface area contributed by atoms with E-state index in [9.17, 15) is 9.59 Å². The minimum atomic E-state index is -0.250. The van der Waals surface area contributed by atoms with E-state index in [2.05, 4.69) is 24.1 Å². The molecule has 5 nitrogen and oxygen atoms in total. The molecule has 1 aromatic heterocycles. The van der Waals surface area contributed by atoms with Crippen LogP contribution in [0.5, 0.6) is 0 Å². The van der Waals surface area contributed by atoms with Crippen molar-refractivity contribution in [2.75, 3.05) is 6.54 Å². The van der Waals surface area contributed by atoms with Gasteiger partial charge in [0, 0.05) is 29.3 Å². The first kappa shape index (κ1) is 17.9. The molecular weight excluding hydrogens is 310 g/mol. The zero-order chi connectivity index (χ0) is 17.4. The highest BCUT2D eigenvalue weighted by Crippen LogP contribution is 2.27. The number of nitrogens with one attached hydrogen (secondary N) is 1. The van der Waals surface area contributed by atoms with Gasteiger partial charge in [-0.05, 0) is 27.7 Å². The van der Waals surface area contributed by atoms with Crippen LogP contribution in [0.3, 0.4) is 0 Å². The number of thiazole rings is 1. The van der Waals surface area contributed by atoms with Crippen molar-refractivity contribution in [2.24, 2.45) is 5.92 Å². The molecule has 2 amide bonds. The molecule has 0 saturated carbocycles. The van der Waals surface area contributed by atoms with E-state index in [0.29, 0.717) is 25.4 Å². The van der Waals surface area contributed by atoms with Gasteiger partial charge in [-0.15, -0.1) is 11.3 Å². The van der Waals surface area contributed by atoms with Gasteiger partial charge in [0.05, 0.1) is 23.2 Å². The maximum absolute atomic E-state index is 12.4. The SMILES string of the molecule is Cc1nc(C(C)C)sc1CNC(=O)C1CC(=O)N(C(C)(C)C)C1. The second-order valence-electron chi connectivity index (χ2n) is 7.51. The third-order valence-corrected chi connectivity index (χ3v) is 5.59. The first-order chi connectivity index (χ1) is 10.6. The molecule has 128 valence electrons. The number of carbonyl (C=O) groups is 2. The summed E-state index contributed by atoms with van der Waals surface area (Å²) in [5, 5.41) is 4.08. The lowest BCUT2D eigenvalue weighted by Gasteiger charge is -2.31. The fourth-order valence-electron chi connectivity index (χ4n) is 2.70. The molecule has 0 spiro atoms. The van der Waals surface area contributed by atoms with E-state index in [4.69, 9.17) is 0 Å². The lowest BCUT2D eigenvalue weighted by molar-refractivity contribution is -0.132. The standard InChI is InChI=1S/C17H27N3O2S/c1-10(2)16-19-11(3)13(23-16)8-18-15(22)12-7-14(21)20(9-12)17(4,5)6/h10,12H,7-9H2,1-6H3,(H,18,22). The molecule has 2 rings (SSSR count). The van der Waals surface area contributed by atoms with Gasteiger partial charge in [0.15, 0.2) is 0 Å². The smallest absolute Gasteiger partial charge is 0.225 e. The highest BCUT2D eigenvalue weighted by molar-refractivity contribution is 7.11. The Morgan fingerprint density at radius 3 is 2.57 bits per heavy atom. The summed E-state index contributed by atoms with van der Waals surface area (Å²) in [5.74, 6) is 0.174. The van der Waals surface area contributed by atoms with E-state index in [-0.39, 0.29) is 23.3 Å². The van der Waals surface area contributed by atoms with Gasteiger partial charge in [-0.2, -0.15) is 0 Å². The van der Waals surface area contributed by atoms with Crippen LogP contribution in [0.1, 0.15) is 62.5 Å². The summed E-state index contributed by atoms with van der Waals surface area (Å²) in [7, 11) is 0. The summed E-state index contributed by atoms with van der Waals surface area (Å²) in [6.07, 6.45) is 0.308. The van der Waals surface area contributed by atoms with E-state index in [1.165, 1.54) is 0 Å². The number of carbonyl (C=O) groups excluding carboxylic acids is 2. The average molecular weight is 337 g/mol. The topological polar surface area (TPSA) is 62.3 Å². The molecule has 0 aliphatic carbocycles. The Balaban J connectivity index is 1.95. The Labute approximate surface area is 142 Å². The second-order valence-corrected chi connectivity index (χ2v) is 8.62. The molecule has 0 bridgehead atoms. The number of amides is 2. The van der Waals surface area contributed by atoms with Crippen LogP contribution in [-0.2, 0) is 16.1 Å². The van der Waals surface area contributed by atoms with Crippen LogP contribution in [0.4, 0.5) is 0 Å². The minimum Gasteiger partial charge on any atom is -0.351 e. The summed E-state index contributed by atoms with van der Waals surface area (Å²) in [6, 6.07) is 0. The molecule has 0 radical (unpaired) electrons. The van der Waals surface area contributed by atoms with Crippen LogP contribution < -0.4 is 5.32 Å². The van der Waals surface area contributed by atoms with Gasteiger partial charge >= 0.3 is 0 Å². The van der Waals surface area contributed by atoms with Crippen LogP contribution in [-0.4, -0.2) is 33.8 Å². The molecule has 1 fully saturated rings. The van der Waals surface area contributed by atoms with E-state index in [0.717, 1.165) is 15.6 Å². The fraction of sp³-hybridized carbons (Fsp3) is 0.706. The van der Waals surface area contributed by atoms with E-state index < -0.39 is 0 Å². The molecule has 1 saturated heterocycles. The Morgan fingerprint density at radius 1 is 1.43 bits per heavy atom. The first-order valence-electron chi connectivity index (χ1n) is 8.14. The van der Waals surface area contributed by atoms with Crippen LogP contribution >= 0.6 is 11.3 Å². The van der Waals surface area contributed by atoms with Crippen molar-refractivity contribution in [3.8, 4) is 0 Å². The van der Waals surface area contributed by atoms with Gasteiger partial charge < -0.3 is 10.2 Å². The van der Waals surface area contributed by atoms with Crippen molar-refractivity contribution < 1.29 is 9.59 Å². The molecule has 1 N–H and O–H groups in total. The van der Waals surface area contributed by atoms with Crippen molar-refractivity contribution in [1.82, 2.24) is 15.2 Å². The number of hydrogen-bond acceptors (Lipinski definition) is 4. The van der Waals surface area contributed by atoms with Crippen LogP contribution in [0, 0.1) is 12.8 Å². The maximum Gasteiger partial charge on any atom is 0.225 e. The van der Waals surface area contributed by atoms with Crippen molar-refractivity contribution in [1.29, 1.82) is 0 Å². The normalized spacial score (nSPS) is 18.8. The second kappa shape index (κ2) is 6.59. The molecule has 1 aliphatic rings. The largest absolute Gasteiger partial charge is 0.351 e. The van der Waals surface area contributed by atoms with Crippen LogP contribution in [0.2, 0.25) is 0 Å². The van der Waals surface area contributed by atoms with Gasteiger partial charge in [-0.25, -0.2) is 4.98 Å². The highest BCUT2D eigenvalue weighted by Gasteiger charge is 2.39. The summed E-state index contributed by atoms with van der Waals surface area (Å²) in [4.78, 5) is 31.9. The minimum absolute atomic E-state index is 0.0380. The molecule has 23 heavy (non-hydrogen) atoms. The van der Waals surface area contributed by atoms with Crippen molar-refractivity contribution >= 4 is 23.2 Å². The zero-order valence-corrected chi connectivity index (χ0v) is 15.7. The van der Waals surface area contributed by atoms with Crippen molar-refractivity contribution in [3.05, 3.63) is 15.6 Å². The quantitative estimate of drug-likeness (QED) is 0.919. The third kappa shape index (κ3) is 4.10. The third-order valence-electron chi connectivity index (χ3n) is 4.13. The maximum atomic E-state index is 12.4. The Hall–Kier alpha value is -1.43. The molecule has 2 heterocycles. The summed E-state index contributed by atoms with van der Waals surface area (Å²) in [5.41, 5.74) is 0.754. The van der Waals surface area contributed by atoms with Crippen molar-refractivity contribution in [3.63, 3.8) is 0 Å². The molecule has 6 heteroatoms. The van der Waals surface area contributed by atoms with E-state index in [1.54, 1.807) is 16.2 Å². The number of aryl methyl sites for hydroxylation is 1. The fourth-order valence-corrected chi connectivity index (χ4v) is 3.71. The Kier molecular flexibility index (Phi) is 5.14. The van der Waals surface area contributed by atoms with Gasteiger partial charge in [-0.3, -0.25) is 9.59 Å². The van der Waals surface area contributed by atoms with Gasteiger partial charge in [-0.1, -0.05) is 13.8 Å². The molecule has 1 atom stereocenters. The molecule has 1 aliphatic heterocycles. The van der Waals surface area contributed by atoms with E-state index >= 15 is 0 Å². The lowest BCUT2D eigenvalue weighted by atomic mass is 10.1. The van der Waals surface area contributed by atoms with Gasteiger partial charge in [0.25, 0.3) is 0 Å². The zero-order valence-electron chi connectivity index (χ0n) is 14.9. The number of aromatic nitrogens is 1. The molecule has 1 unspecified atom stereocenters. The van der Waals surface area contributed by atoms with Crippen molar-refractivity contribution in [2.45, 2.75) is 66.0 Å². The Morgan fingerprint density at radius 2 is 2.09 bits per heavy atom. The monoisotopic (exact) mass is 337 g/mol. The summed E-state index contributed by atoms with van der Waals surface area (Å²) < 4.78 is 0. The predicted octanol–water partition coefficient (Wildman–Crippen LogP) is 2.84. The van der Waals surface area contributed by atoms with Crippen LogP contribution in [0.15, 0.2) is 0 Å². The number of rotatable bonds is 4. The van der Waals surface area contributed by atoms with Gasteiger partial charge in [0.2, 0.25) is 11.8 Å². The van der Waals surface area contributed by atoms with E-state index in [1.807, 2.05) is 27.7 Å². The predicted molar refractivity (Wildman–Crippen MR) is 92.4 cm³/mol. The number of likely N-dealkylation sites (tertiary alicyclic amines) is 1. The van der Waals surface area contributed by atoms with Crippen LogP contribution in [0.25, 0.3) is 0 Å². The number of nitrogens with zero attached hydrogens (tertiary/aromatic N) is 2. The first-order valence-corrected chi connectivity index (χ1v) is 8.95. The average Bonchev–Trinajstić information content (AvgIpc) is 2.99. The lowest BCUT2D eigenvalue weighted by Crippen LogP contribution is -2.43. The summed E-state index contributed by atoms with van der Waals surface area (Å²) >= 11 is 1.65. The summed E-state index contributed by atoms with van der Waals surface area (Å²) in [6.45, 7) is 13.2.